The maximum absolute atomic E-state index is 4.22. The molecule has 11 heavy (non-hydrogen) atoms. The van der Waals surface area contributed by atoms with E-state index >= 15 is 0 Å². The first-order valence-electron chi connectivity index (χ1n) is 3.86. The van der Waals surface area contributed by atoms with Crippen LogP contribution in [0.1, 0.15) is 18.2 Å². The summed E-state index contributed by atoms with van der Waals surface area (Å²) in [5, 5.41) is 1.03. The van der Waals surface area contributed by atoms with Gasteiger partial charge in [-0.05, 0) is 30.5 Å². The second kappa shape index (κ2) is 4.50. The third-order valence-electron chi connectivity index (χ3n) is 1.63. The summed E-state index contributed by atoms with van der Waals surface area (Å²) in [5.74, 6) is 0. The Hall–Kier alpha value is -0.370. The number of aryl methyl sites for hydroxylation is 2. The molecule has 1 heterocycles. The minimum atomic E-state index is 1.02. The first-order chi connectivity index (χ1) is 5.36. The molecular weight excluding hydrogens is 202 g/mol. The Morgan fingerprint density at radius 1 is 1.55 bits per heavy atom. The fraction of sp³-hybridized carbons (Fsp3) is 0.444. The zero-order chi connectivity index (χ0) is 8.10. The van der Waals surface area contributed by atoms with Gasteiger partial charge in [-0.2, -0.15) is 0 Å². The first kappa shape index (κ1) is 8.72. The van der Waals surface area contributed by atoms with E-state index in [0.717, 1.165) is 18.2 Å². The standard InChI is InChI=1S/C9H12BrN/c1-2-9-7-8(3-5-10)4-6-11-9/h4,6-7H,2-3,5H2,1H3. The number of halogens is 1. The van der Waals surface area contributed by atoms with Crippen molar-refractivity contribution >= 4 is 15.9 Å². The Bertz CT molecular complexity index is 223. The summed E-state index contributed by atoms with van der Waals surface area (Å²) in [6, 6.07) is 4.24. The van der Waals surface area contributed by atoms with Crippen LogP contribution in [0.4, 0.5) is 0 Å². The second-order valence-electron chi connectivity index (χ2n) is 2.45. The van der Waals surface area contributed by atoms with Crippen molar-refractivity contribution in [3.8, 4) is 0 Å². The lowest BCUT2D eigenvalue weighted by Crippen LogP contribution is -1.91. The van der Waals surface area contributed by atoms with Crippen LogP contribution in [-0.4, -0.2) is 10.3 Å². The molecule has 0 aliphatic heterocycles. The number of hydrogen-bond donors (Lipinski definition) is 0. The van der Waals surface area contributed by atoms with E-state index in [1.165, 1.54) is 11.3 Å². The molecule has 0 bridgehead atoms. The maximum atomic E-state index is 4.22. The van der Waals surface area contributed by atoms with Gasteiger partial charge in [-0.3, -0.25) is 4.98 Å². The topological polar surface area (TPSA) is 12.9 Å². The Labute approximate surface area is 76.0 Å². The highest BCUT2D eigenvalue weighted by molar-refractivity contribution is 9.09. The van der Waals surface area contributed by atoms with Crippen molar-refractivity contribution in [2.24, 2.45) is 0 Å². The molecule has 1 aromatic rings. The Kier molecular flexibility index (Phi) is 3.57. The van der Waals surface area contributed by atoms with Crippen LogP contribution < -0.4 is 0 Å². The Balaban J connectivity index is 2.74. The summed E-state index contributed by atoms with van der Waals surface area (Å²) in [7, 11) is 0. The quantitative estimate of drug-likeness (QED) is 0.704. The fourth-order valence-electron chi connectivity index (χ4n) is 0.986. The van der Waals surface area contributed by atoms with Gasteiger partial charge in [0, 0.05) is 17.2 Å². The molecule has 0 radical (unpaired) electrons. The number of pyridine rings is 1. The fourth-order valence-corrected chi connectivity index (χ4v) is 1.44. The van der Waals surface area contributed by atoms with Crippen molar-refractivity contribution in [2.75, 3.05) is 5.33 Å². The molecule has 0 aliphatic rings. The summed E-state index contributed by atoms with van der Waals surface area (Å²) in [6.45, 7) is 2.13. The maximum Gasteiger partial charge on any atom is 0.0403 e. The SMILES string of the molecule is CCc1cc(CCBr)ccn1. The van der Waals surface area contributed by atoms with Crippen molar-refractivity contribution in [1.82, 2.24) is 4.98 Å². The van der Waals surface area contributed by atoms with Crippen molar-refractivity contribution in [3.05, 3.63) is 29.6 Å². The van der Waals surface area contributed by atoms with Gasteiger partial charge in [0.25, 0.3) is 0 Å². The Morgan fingerprint density at radius 2 is 2.36 bits per heavy atom. The van der Waals surface area contributed by atoms with Gasteiger partial charge >= 0.3 is 0 Å². The van der Waals surface area contributed by atoms with Crippen LogP contribution in [0.2, 0.25) is 0 Å². The van der Waals surface area contributed by atoms with E-state index in [-0.39, 0.29) is 0 Å². The van der Waals surface area contributed by atoms with E-state index in [9.17, 15) is 0 Å². The predicted octanol–water partition coefficient (Wildman–Crippen LogP) is 2.58. The second-order valence-corrected chi connectivity index (χ2v) is 3.24. The van der Waals surface area contributed by atoms with E-state index in [1.54, 1.807) is 0 Å². The van der Waals surface area contributed by atoms with Gasteiger partial charge < -0.3 is 0 Å². The molecule has 0 aromatic carbocycles. The smallest absolute Gasteiger partial charge is 0.0403 e. The van der Waals surface area contributed by atoms with Crippen LogP contribution in [0.15, 0.2) is 18.3 Å². The average molecular weight is 214 g/mol. The number of hydrogen-bond acceptors (Lipinski definition) is 1. The van der Waals surface area contributed by atoms with Gasteiger partial charge in [-0.25, -0.2) is 0 Å². The van der Waals surface area contributed by atoms with Crippen LogP contribution in [0.5, 0.6) is 0 Å². The van der Waals surface area contributed by atoms with E-state index in [1.807, 2.05) is 6.20 Å². The molecule has 0 saturated carbocycles. The van der Waals surface area contributed by atoms with Gasteiger partial charge in [-0.1, -0.05) is 22.9 Å². The lowest BCUT2D eigenvalue weighted by molar-refractivity contribution is 1.01. The van der Waals surface area contributed by atoms with Crippen molar-refractivity contribution < 1.29 is 0 Å². The average Bonchev–Trinajstić information content (AvgIpc) is 2.06. The van der Waals surface area contributed by atoms with Crippen LogP contribution >= 0.6 is 15.9 Å². The molecule has 0 atom stereocenters. The molecule has 60 valence electrons. The van der Waals surface area contributed by atoms with Crippen molar-refractivity contribution in [1.29, 1.82) is 0 Å². The van der Waals surface area contributed by atoms with Crippen LogP contribution in [0.25, 0.3) is 0 Å². The number of alkyl halides is 1. The molecule has 0 fully saturated rings. The summed E-state index contributed by atoms with van der Waals surface area (Å²) in [5.41, 5.74) is 2.55. The molecule has 0 aliphatic carbocycles. The normalized spacial score (nSPS) is 10.0. The molecule has 1 nitrogen and oxygen atoms in total. The molecule has 0 N–H and O–H groups in total. The third kappa shape index (κ3) is 2.62. The number of aromatic nitrogens is 1. The number of nitrogens with zero attached hydrogens (tertiary/aromatic N) is 1. The molecule has 2 heteroatoms. The zero-order valence-corrected chi connectivity index (χ0v) is 8.26. The number of rotatable bonds is 3. The van der Waals surface area contributed by atoms with Gasteiger partial charge in [0.1, 0.15) is 0 Å². The van der Waals surface area contributed by atoms with Crippen LogP contribution in [-0.2, 0) is 12.8 Å². The van der Waals surface area contributed by atoms with E-state index in [2.05, 4.69) is 40.0 Å². The van der Waals surface area contributed by atoms with Gasteiger partial charge in [-0.15, -0.1) is 0 Å². The van der Waals surface area contributed by atoms with Crippen LogP contribution in [0.3, 0.4) is 0 Å². The van der Waals surface area contributed by atoms with E-state index in [4.69, 9.17) is 0 Å². The molecule has 0 unspecified atom stereocenters. The highest BCUT2D eigenvalue weighted by atomic mass is 79.9. The van der Waals surface area contributed by atoms with Crippen molar-refractivity contribution in [2.45, 2.75) is 19.8 Å². The summed E-state index contributed by atoms with van der Waals surface area (Å²) in [6.07, 6.45) is 4.00. The highest BCUT2D eigenvalue weighted by Gasteiger charge is 1.93. The lowest BCUT2D eigenvalue weighted by Gasteiger charge is -1.99. The summed E-state index contributed by atoms with van der Waals surface area (Å²) < 4.78 is 0. The lowest BCUT2D eigenvalue weighted by atomic mass is 10.1. The molecule has 1 rings (SSSR count). The largest absolute Gasteiger partial charge is 0.261 e. The van der Waals surface area contributed by atoms with Gasteiger partial charge in [0.2, 0.25) is 0 Å². The van der Waals surface area contributed by atoms with Gasteiger partial charge in [0.05, 0.1) is 0 Å². The summed E-state index contributed by atoms with van der Waals surface area (Å²) >= 11 is 3.41. The van der Waals surface area contributed by atoms with Crippen molar-refractivity contribution in [3.63, 3.8) is 0 Å². The molecule has 1 aromatic heterocycles. The third-order valence-corrected chi connectivity index (χ3v) is 2.02. The van der Waals surface area contributed by atoms with E-state index < -0.39 is 0 Å². The van der Waals surface area contributed by atoms with Crippen LogP contribution in [0, 0.1) is 0 Å². The minimum Gasteiger partial charge on any atom is -0.261 e. The molecule has 0 amide bonds. The monoisotopic (exact) mass is 213 g/mol. The van der Waals surface area contributed by atoms with Gasteiger partial charge in [0.15, 0.2) is 0 Å². The highest BCUT2D eigenvalue weighted by Crippen LogP contribution is 2.04. The molecule has 0 spiro atoms. The molecule has 0 saturated heterocycles. The molecular formula is C9H12BrN. The van der Waals surface area contributed by atoms with E-state index in [0.29, 0.717) is 0 Å². The first-order valence-corrected chi connectivity index (χ1v) is 4.98. The zero-order valence-electron chi connectivity index (χ0n) is 6.68. The Morgan fingerprint density at radius 3 is 3.00 bits per heavy atom. The summed E-state index contributed by atoms with van der Waals surface area (Å²) in [4.78, 5) is 4.22. The predicted molar refractivity (Wildman–Crippen MR) is 51.1 cm³/mol. The minimum absolute atomic E-state index is 1.02.